The maximum atomic E-state index is 13.1. The van der Waals surface area contributed by atoms with E-state index in [1.807, 2.05) is 0 Å². The van der Waals surface area contributed by atoms with Crippen molar-refractivity contribution in [3.05, 3.63) is 53.6 Å². The standard InChI is InChI=1S/C19H16F2N2O5/c20-12-6-13(21)8-14(7-12)22-18(25)9-28-19(26)10-27-15-2-3-16-11(5-15)1-4-17(24)23-16/h2-3,5-8H,1,4,9-10H2,(H,22,25)(H,23,24). The van der Waals surface area contributed by atoms with E-state index in [4.69, 9.17) is 9.47 Å². The predicted molar refractivity (Wildman–Crippen MR) is 94.8 cm³/mol. The molecule has 0 fully saturated rings. The summed E-state index contributed by atoms with van der Waals surface area (Å²) in [6.45, 7) is -1.05. The summed E-state index contributed by atoms with van der Waals surface area (Å²) in [6, 6.07) is 7.53. The van der Waals surface area contributed by atoms with Gasteiger partial charge in [-0.1, -0.05) is 0 Å². The molecule has 0 radical (unpaired) electrons. The van der Waals surface area contributed by atoms with Crippen molar-refractivity contribution in [3.63, 3.8) is 0 Å². The molecule has 0 unspecified atom stereocenters. The molecular formula is C19H16F2N2O5. The summed E-state index contributed by atoms with van der Waals surface area (Å²) in [5.74, 6) is -2.85. The smallest absolute Gasteiger partial charge is 0.344 e. The molecule has 28 heavy (non-hydrogen) atoms. The third-order valence-electron chi connectivity index (χ3n) is 3.84. The fourth-order valence-electron chi connectivity index (χ4n) is 2.60. The molecule has 1 heterocycles. The van der Waals surface area contributed by atoms with E-state index >= 15 is 0 Å². The highest BCUT2D eigenvalue weighted by molar-refractivity contribution is 5.94. The minimum Gasteiger partial charge on any atom is -0.482 e. The minimum atomic E-state index is -0.842. The van der Waals surface area contributed by atoms with Crippen molar-refractivity contribution >= 4 is 29.2 Å². The Balaban J connectivity index is 1.44. The highest BCUT2D eigenvalue weighted by Crippen LogP contribution is 2.26. The van der Waals surface area contributed by atoms with Gasteiger partial charge < -0.3 is 20.1 Å². The summed E-state index contributed by atoms with van der Waals surface area (Å²) in [5, 5.41) is 4.95. The second-order valence-electron chi connectivity index (χ2n) is 6.02. The van der Waals surface area contributed by atoms with Crippen LogP contribution < -0.4 is 15.4 Å². The lowest BCUT2D eigenvalue weighted by molar-refractivity contribution is -0.149. The Hall–Kier alpha value is -3.49. The fraction of sp³-hybridized carbons (Fsp3) is 0.211. The summed E-state index contributed by atoms with van der Waals surface area (Å²) in [6.07, 6.45) is 0.951. The molecule has 2 aromatic rings. The highest BCUT2D eigenvalue weighted by atomic mass is 19.1. The molecule has 1 aliphatic heterocycles. The molecule has 2 N–H and O–H groups in total. The van der Waals surface area contributed by atoms with Crippen molar-refractivity contribution in [3.8, 4) is 5.75 Å². The number of esters is 1. The van der Waals surface area contributed by atoms with Gasteiger partial charge in [-0.2, -0.15) is 0 Å². The van der Waals surface area contributed by atoms with Crippen LogP contribution in [0.5, 0.6) is 5.75 Å². The number of amides is 2. The van der Waals surface area contributed by atoms with Gasteiger partial charge in [0.05, 0.1) is 0 Å². The summed E-state index contributed by atoms with van der Waals surface area (Å²) < 4.78 is 36.2. The molecular weight excluding hydrogens is 374 g/mol. The molecule has 0 atom stereocenters. The molecule has 9 heteroatoms. The van der Waals surface area contributed by atoms with Crippen LogP contribution in [0, 0.1) is 11.6 Å². The SMILES string of the molecule is O=C(COC(=O)COc1ccc2c(c1)CCC(=O)N2)Nc1cc(F)cc(F)c1. The van der Waals surface area contributed by atoms with Gasteiger partial charge in [-0.15, -0.1) is 0 Å². The Bertz CT molecular complexity index is 912. The van der Waals surface area contributed by atoms with E-state index < -0.39 is 36.7 Å². The van der Waals surface area contributed by atoms with Crippen LogP contribution in [-0.4, -0.2) is 31.0 Å². The van der Waals surface area contributed by atoms with Gasteiger partial charge >= 0.3 is 5.97 Å². The van der Waals surface area contributed by atoms with Gasteiger partial charge in [0.1, 0.15) is 17.4 Å². The van der Waals surface area contributed by atoms with E-state index in [1.165, 1.54) is 0 Å². The van der Waals surface area contributed by atoms with Crippen molar-refractivity contribution < 1.29 is 32.6 Å². The van der Waals surface area contributed by atoms with Crippen LogP contribution in [0.2, 0.25) is 0 Å². The van der Waals surface area contributed by atoms with Crippen LogP contribution in [0.25, 0.3) is 0 Å². The van der Waals surface area contributed by atoms with Gasteiger partial charge in [0, 0.05) is 23.9 Å². The van der Waals surface area contributed by atoms with Crippen molar-refractivity contribution in [2.45, 2.75) is 12.8 Å². The second-order valence-corrected chi connectivity index (χ2v) is 6.02. The number of fused-ring (bicyclic) bond motifs is 1. The van der Waals surface area contributed by atoms with Gasteiger partial charge in [0.2, 0.25) is 5.91 Å². The third kappa shape index (κ3) is 5.26. The van der Waals surface area contributed by atoms with E-state index in [1.54, 1.807) is 18.2 Å². The molecule has 3 rings (SSSR count). The van der Waals surface area contributed by atoms with Crippen LogP contribution in [0.1, 0.15) is 12.0 Å². The molecule has 146 valence electrons. The average molecular weight is 390 g/mol. The highest BCUT2D eigenvalue weighted by Gasteiger charge is 2.16. The van der Waals surface area contributed by atoms with Gasteiger partial charge in [-0.3, -0.25) is 9.59 Å². The van der Waals surface area contributed by atoms with E-state index in [0.717, 1.165) is 17.7 Å². The first kappa shape index (κ1) is 19.3. The number of aryl methyl sites for hydroxylation is 1. The first-order chi connectivity index (χ1) is 13.4. The average Bonchev–Trinajstić information content (AvgIpc) is 2.63. The Morgan fingerprint density at radius 3 is 2.54 bits per heavy atom. The van der Waals surface area contributed by atoms with Crippen LogP contribution in [0.3, 0.4) is 0 Å². The molecule has 7 nitrogen and oxygen atoms in total. The van der Waals surface area contributed by atoms with Crippen molar-refractivity contribution in [2.75, 3.05) is 23.8 Å². The number of carbonyl (C=O) groups is 3. The zero-order valence-corrected chi connectivity index (χ0v) is 14.6. The zero-order valence-electron chi connectivity index (χ0n) is 14.6. The number of halogens is 2. The van der Waals surface area contributed by atoms with Crippen molar-refractivity contribution in [1.29, 1.82) is 0 Å². The maximum Gasteiger partial charge on any atom is 0.344 e. The Labute approximate surface area is 158 Å². The lowest BCUT2D eigenvalue weighted by atomic mass is 10.0. The molecule has 0 bridgehead atoms. The quantitative estimate of drug-likeness (QED) is 0.739. The number of hydrogen-bond donors (Lipinski definition) is 2. The first-order valence-corrected chi connectivity index (χ1v) is 8.36. The van der Waals surface area contributed by atoms with Crippen LogP contribution in [0.4, 0.5) is 20.2 Å². The topological polar surface area (TPSA) is 93.7 Å². The number of nitrogens with one attached hydrogen (secondary N) is 2. The summed E-state index contributed by atoms with van der Waals surface area (Å²) in [4.78, 5) is 34.7. The van der Waals surface area contributed by atoms with Gasteiger partial charge in [0.25, 0.3) is 5.91 Å². The Kier molecular flexibility index (Phi) is 5.83. The molecule has 0 saturated carbocycles. The van der Waals surface area contributed by atoms with E-state index in [9.17, 15) is 23.2 Å². The lowest BCUT2D eigenvalue weighted by Gasteiger charge is -2.17. The molecule has 0 aliphatic carbocycles. The normalized spacial score (nSPS) is 12.6. The Morgan fingerprint density at radius 2 is 1.79 bits per heavy atom. The number of ether oxygens (including phenoxy) is 2. The monoisotopic (exact) mass is 390 g/mol. The molecule has 1 aliphatic rings. The third-order valence-corrected chi connectivity index (χ3v) is 3.84. The maximum absolute atomic E-state index is 13.1. The largest absolute Gasteiger partial charge is 0.482 e. The number of carbonyl (C=O) groups excluding carboxylic acids is 3. The summed E-state index contributed by atoms with van der Waals surface area (Å²) in [5.41, 5.74) is 1.51. The second kappa shape index (κ2) is 8.47. The van der Waals surface area contributed by atoms with Gasteiger partial charge in [-0.05, 0) is 42.3 Å². The van der Waals surface area contributed by atoms with Crippen LogP contribution >= 0.6 is 0 Å². The first-order valence-electron chi connectivity index (χ1n) is 8.36. The Morgan fingerprint density at radius 1 is 1.04 bits per heavy atom. The van der Waals surface area contributed by atoms with Crippen LogP contribution in [-0.2, 0) is 25.5 Å². The molecule has 0 saturated heterocycles. The van der Waals surface area contributed by atoms with E-state index in [2.05, 4.69) is 10.6 Å². The van der Waals surface area contributed by atoms with Crippen molar-refractivity contribution in [2.24, 2.45) is 0 Å². The lowest BCUT2D eigenvalue weighted by Crippen LogP contribution is -2.24. The fourth-order valence-corrected chi connectivity index (χ4v) is 2.60. The predicted octanol–water partition coefficient (Wildman–Crippen LogP) is 2.41. The number of hydrogen-bond acceptors (Lipinski definition) is 5. The van der Waals surface area contributed by atoms with Gasteiger partial charge in [0.15, 0.2) is 13.2 Å². The number of anilines is 2. The van der Waals surface area contributed by atoms with E-state index in [0.29, 0.717) is 30.3 Å². The van der Waals surface area contributed by atoms with Crippen molar-refractivity contribution in [1.82, 2.24) is 0 Å². The molecule has 0 spiro atoms. The molecule has 2 amide bonds. The molecule has 2 aromatic carbocycles. The van der Waals surface area contributed by atoms with Gasteiger partial charge in [-0.25, -0.2) is 13.6 Å². The number of rotatable bonds is 6. The van der Waals surface area contributed by atoms with Crippen LogP contribution in [0.15, 0.2) is 36.4 Å². The zero-order chi connectivity index (χ0) is 20.1. The molecule has 0 aromatic heterocycles. The minimum absolute atomic E-state index is 0.0518. The van der Waals surface area contributed by atoms with E-state index in [-0.39, 0.29) is 11.6 Å². The summed E-state index contributed by atoms with van der Waals surface area (Å²) >= 11 is 0. The number of benzene rings is 2. The summed E-state index contributed by atoms with van der Waals surface area (Å²) in [7, 11) is 0.